The summed E-state index contributed by atoms with van der Waals surface area (Å²) in [6.45, 7) is 1.76. The standard InChI is InChI=1S/C18H16N4O4S2/c1-10(13-3-2-8-27-13)21-22-15(23)9-14(28-18(22)19)16(24)20-12-6-4-11(5-7-12)17(25)26/h2-8,14,19H,9H2,1H3,(H,20,24)(H,25,26)/b19-18?,21-10+. The van der Waals surface area contributed by atoms with Crippen LogP contribution in [0.2, 0.25) is 0 Å². The van der Waals surface area contributed by atoms with E-state index >= 15 is 0 Å². The van der Waals surface area contributed by atoms with Crippen molar-refractivity contribution in [1.82, 2.24) is 5.01 Å². The van der Waals surface area contributed by atoms with Gasteiger partial charge in [-0.15, -0.1) is 11.3 Å². The summed E-state index contributed by atoms with van der Waals surface area (Å²) in [6, 6.07) is 9.46. The molecule has 0 radical (unpaired) electrons. The van der Waals surface area contributed by atoms with E-state index in [1.807, 2.05) is 17.5 Å². The molecule has 144 valence electrons. The topological polar surface area (TPSA) is 123 Å². The van der Waals surface area contributed by atoms with Crippen LogP contribution in [0, 0.1) is 5.41 Å². The number of aromatic carboxylic acids is 1. The van der Waals surface area contributed by atoms with Gasteiger partial charge in [-0.3, -0.25) is 15.0 Å². The molecular formula is C18H16N4O4S2. The minimum absolute atomic E-state index is 0.0900. The molecule has 3 rings (SSSR count). The van der Waals surface area contributed by atoms with Crippen LogP contribution < -0.4 is 5.32 Å². The number of benzene rings is 1. The lowest BCUT2D eigenvalue weighted by molar-refractivity contribution is -0.129. The van der Waals surface area contributed by atoms with Crippen molar-refractivity contribution in [3.05, 3.63) is 52.2 Å². The molecule has 0 spiro atoms. The normalized spacial score (nSPS) is 17.5. The second kappa shape index (κ2) is 8.36. The van der Waals surface area contributed by atoms with Crippen LogP contribution in [-0.4, -0.2) is 44.0 Å². The first-order valence-corrected chi connectivity index (χ1v) is 9.92. The quantitative estimate of drug-likeness (QED) is 0.647. The summed E-state index contributed by atoms with van der Waals surface area (Å²) < 4.78 is 0. The van der Waals surface area contributed by atoms with E-state index in [4.69, 9.17) is 10.5 Å². The Morgan fingerprint density at radius 3 is 2.57 bits per heavy atom. The van der Waals surface area contributed by atoms with Gasteiger partial charge in [0.25, 0.3) is 5.91 Å². The zero-order valence-electron chi connectivity index (χ0n) is 14.7. The van der Waals surface area contributed by atoms with E-state index < -0.39 is 23.0 Å². The second-order valence-electron chi connectivity index (χ2n) is 5.86. The van der Waals surface area contributed by atoms with Crippen LogP contribution in [0.3, 0.4) is 0 Å². The summed E-state index contributed by atoms with van der Waals surface area (Å²) in [7, 11) is 0. The van der Waals surface area contributed by atoms with E-state index in [9.17, 15) is 14.4 Å². The highest BCUT2D eigenvalue weighted by atomic mass is 32.2. The van der Waals surface area contributed by atoms with E-state index in [0.717, 1.165) is 21.6 Å². The molecule has 1 aliphatic rings. The molecular weight excluding hydrogens is 400 g/mol. The lowest BCUT2D eigenvalue weighted by atomic mass is 10.2. The number of carboxylic acid groups (broad SMARTS) is 1. The molecule has 1 aromatic heterocycles. The third kappa shape index (κ3) is 4.46. The molecule has 1 aromatic carbocycles. The Labute approximate surface area is 168 Å². The molecule has 1 aliphatic heterocycles. The summed E-state index contributed by atoms with van der Waals surface area (Å²) in [6.07, 6.45) is -0.0900. The van der Waals surface area contributed by atoms with Crippen molar-refractivity contribution < 1.29 is 19.5 Å². The number of rotatable bonds is 5. The molecule has 2 amide bonds. The fourth-order valence-electron chi connectivity index (χ4n) is 2.43. The van der Waals surface area contributed by atoms with Gasteiger partial charge in [0.15, 0.2) is 5.17 Å². The summed E-state index contributed by atoms with van der Waals surface area (Å²) >= 11 is 2.44. The van der Waals surface area contributed by atoms with Gasteiger partial charge in [0, 0.05) is 5.69 Å². The Hall–Kier alpha value is -2.98. The SMILES string of the molecule is C/C(=N\N1C(=N)SC(C(=O)Nc2ccc(C(=O)O)cc2)CC1=O)c1cccs1. The van der Waals surface area contributed by atoms with Crippen LogP contribution in [0.5, 0.6) is 0 Å². The molecule has 2 aromatic rings. The number of nitrogens with zero attached hydrogens (tertiary/aromatic N) is 2. The minimum Gasteiger partial charge on any atom is -0.478 e. The highest BCUT2D eigenvalue weighted by Crippen LogP contribution is 2.27. The molecule has 1 unspecified atom stereocenters. The number of carbonyl (C=O) groups excluding carboxylic acids is 2. The number of thioether (sulfide) groups is 1. The average Bonchev–Trinajstić information content (AvgIpc) is 3.19. The summed E-state index contributed by atoms with van der Waals surface area (Å²) in [5.74, 6) is -1.91. The monoisotopic (exact) mass is 416 g/mol. The highest BCUT2D eigenvalue weighted by molar-refractivity contribution is 8.14. The number of hydrazone groups is 1. The summed E-state index contributed by atoms with van der Waals surface area (Å²) in [4.78, 5) is 36.6. The largest absolute Gasteiger partial charge is 0.478 e. The van der Waals surface area contributed by atoms with Crippen molar-refractivity contribution in [1.29, 1.82) is 5.41 Å². The predicted molar refractivity (Wildman–Crippen MR) is 109 cm³/mol. The number of hydrogen-bond acceptors (Lipinski definition) is 7. The number of hydrogen-bond donors (Lipinski definition) is 3. The van der Waals surface area contributed by atoms with Crippen molar-refractivity contribution in [3.63, 3.8) is 0 Å². The first kappa shape index (κ1) is 19.8. The Morgan fingerprint density at radius 1 is 1.29 bits per heavy atom. The van der Waals surface area contributed by atoms with Crippen LogP contribution in [0.15, 0.2) is 46.9 Å². The number of carboxylic acids is 1. The fourth-order valence-corrected chi connectivity index (χ4v) is 4.01. The molecule has 3 N–H and O–H groups in total. The van der Waals surface area contributed by atoms with Crippen LogP contribution in [0.4, 0.5) is 5.69 Å². The Balaban J connectivity index is 1.65. The molecule has 0 bridgehead atoms. The van der Waals surface area contributed by atoms with Crippen molar-refractivity contribution >= 4 is 57.4 Å². The Morgan fingerprint density at radius 2 is 2.00 bits per heavy atom. The van der Waals surface area contributed by atoms with Crippen LogP contribution in [-0.2, 0) is 9.59 Å². The number of anilines is 1. The second-order valence-corrected chi connectivity index (χ2v) is 7.99. The van der Waals surface area contributed by atoms with Crippen molar-refractivity contribution in [2.24, 2.45) is 5.10 Å². The molecule has 1 atom stereocenters. The van der Waals surface area contributed by atoms with Gasteiger partial charge in [0.2, 0.25) is 5.91 Å². The Kier molecular flexibility index (Phi) is 5.90. The number of carbonyl (C=O) groups is 3. The maximum Gasteiger partial charge on any atom is 0.335 e. The molecule has 0 aliphatic carbocycles. The van der Waals surface area contributed by atoms with Crippen LogP contribution in [0.25, 0.3) is 0 Å². The van der Waals surface area contributed by atoms with Gasteiger partial charge in [-0.1, -0.05) is 17.8 Å². The Bertz CT molecular complexity index is 936. The maximum absolute atomic E-state index is 12.4. The lowest BCUT2D eigenvalue weighted by Crippen LogP contribution is -2.42. The maximum atomic E-state index is 12.4. The fraction of sp³-hybridized carbons (Fsp3) is 0.167. The van der Waals surface area contributed by atoms with Gasteiger partial charge >= 0.3 is 5.97 Å². The molecule has 0 saturated carbocycles. The highest BCUT2D eigenvalue weighted by Gasteiger charge is 2.35. The minimum atomic E-state index is -1.06. The van der Waals surface area contributed by atoms with Crippen LogP contribution in [0.1, 0.15) is 28.6 Å². The van der Waals surface area contributed by atoms with E-state index in [-0.39, 0.29) is 17.2 Å². The predicted octanol–water partition coefficient (Wildman–Crippen LogP) is 3.08. The number of amidine groups is 1. The molecule has 2 heterocycles. The zero-order valence-corrected chi connectivity index (χ0v) is 16.3. The summed E-state index contributed by atoms with van der Waals surface area (Å²) in [5.41, 5.74) is 1.15. The van der Waals surface area contributed by atoms with Gasteiger partial charge in [-0.25, -0.2) is 4.79 Å². The molecule has 10 heteroatoms. The molecule has 8 nitrogen and oxygen atoms in total. The number of amides is 2. The van der Waals surface area contributed by atoms with E-state index in [1.54, 1.807) is 6.92 Å². The third-order valence-electron chi connectivity index (χ3n) is 3.86. The van der Waals surface area contributed by atoms with Gasteiger partial charge < -0.3 is 10.4 Å². The molecule has 28 heavy (non-hydrogen) atoms. The van der Waals surface area contributed by atoms with Crippen LogP contribution >= 0.6 is 23.1 Å². The third-order valence-corrected chi connectivity index (χ3v) is 5.90. The van der Waals surface area contributed by atoms with Crippen molar-refractivity contribution in [2.75, 3.05) is 5.32 Å². The smallest absolute Gasteiger partial charge is 0.335 e. The lowest BCUT2D eigenvalue weighted by Gasteiger charge is -2.27. The van der Waals surface area contributed by atoms with Gasteiger partial charge in [0.1, 0.15) is 5.25 Å². The van der Waals surface area contributed by atoms with Gasteiger partial charge in [-0.05, 0) is 42.6 Å². The summed E-state index contributed by atoms with van der Waals surface area (Å²) in [5, 5.41) is 25.9. The average molecular weight is 416 g/mol. The van der Waals surface area contributed by atoms with Crippen molar-refractivity contribution in [2.45, 2.75) is 18.6 Å². The van der Waals surface area contributed by atoms with E-state index in [1.165, 1.54) is 35.6 Å². The number of nitrogens with one attached hydrogen (secondary N) is 2. The van der Waals surface area contributed by atoms with E-state index in [2.05, 4.69) is 10.4 Å². The van der Waals surface area contributed by atoms with Gasteiger partial charge in [0.05, 0.1) is 22.6 Å². The van der Waals surface area contributed by atoms with Gasteiger partial charge in [-0.2, -0.15) is 10.1 Å². The van der Waals surface area contributed by atoms with Crippen molar-refractivity contribution in [3.8, 4) is 0 Å². The molecule has 1 fully saturated rings. The zero-order chi connectivity index (χ0) is 20.3. The first-order valence-electron chi connectivity index (χ1n) is 8.16. The number of thiophene rings is 1. The van der Waals surface area contributed by atoms with E-state index in [0.29, 0.717) is 11.4 Å². The molecule has 1 saturated heterocycles. The first-order chi connectivity index (χ1) is 13.3.